The van der Waals surface area contributed by atoms with Gasteiger partial charge < -0.3 is 9.73 Å². The minimum Gasteiger partial charge on any atom is -0.469 e. The highest BCUT2D eigenvalue weighted by atomic mass is 16.3. The van der Waals surface area contributed by atoms with Gasteiger partial charge in [-0.3, -0.25) is 0 Å². The molecule has 2 nitrogen and oxygen atoms in total. The Balaban J connectivity index is 2.66. The van der Waals surface area contributed by atoms with E-state index in [0.29, 0.717) is 6.04 Å². The Hall–Kier alpha value is -0.760. The van der Waals surface area contributed by atoms with Crippen molar-refractivity contribution in [2.75, 3.05) is 6.54 Å². The molecule has 0 aromatic carbocycles. The normalized spacial score (nSPS) is 13.2. The van der Waals surface area contributed by atoms with Crippen molar-refractivity contribution >= 4 is 0 Å². The van der Waals surface area contributed by atoms with Crippen LogP contribution in [0.3, 0.4) is 0 Å². The van der Waals surface area contributed by atoms with Crippen LogP contribution in [0, 0.1) is 6.92 Å². The summed E-state index contributed by atoms with van der Waals surface area (Å²) in [7, 11) is 0. The van der Waals surface area contributed by atoms with E-state index in [1.165, 1.54) is 5.56 Å². The van der Waals surface area contributed by atoms with Crippen molar-refractivity contribution in [1.82, 2.24) is 5.32 Å². The molecule has 12 heavy (non-hydrogen) atoms. The van der Waals surface area contributed by atoms with Gasteiger partial charge in [0, 0.05) is 11.6 Å². The van der Waals surface area contributed by atoms with E-state index < -0.39 is 0 Å². The van der Waals surface area contributed by atoms with Crippen molar-refractivity contribution in [2.24, 2.45) is 0 Å². The fourth-order valence-electron chi connectivity index (χ4n) is 1.39. The quantitative estimate of drug-likeness (QED) is 0.745. The van der Waals surface area contributed by atoms with Gasteiger partial charge in [-0.2, -0.15) is 0 Å². The molecule has 1 aromatic rings. The second-order valence-electron chi connectivity index (χ2n) is 3.01. The smallest absolute Gasteiger partial charge is 0.101 e. The minimum absolute atomic E-state index is 0.451. The Morgan fingerprint density at radius 2 is 2.25 bits per heavy atom. The van der Waals surface area contributed by atoms with Gasteiger partial charge >= 0.3 is 0 Å². The van der Waals surface area contributed by atoms with E-state index in [2.05, 4.69) is 25.2 Å². The molecule has 1 unspecified atom stereocenters. The predicted octanol–water partition coefficient (Wildman–Crippen LogP) is 2.65. The second-order valence-corrected chi connectivity index (χ2v) is 3.01. The highest BCUT2D eigenvalue weighted by Gasteiger charge is 2.09. The van der Waals surface area contributed by atoms with Crippen molar-refractivity contribution in [1.29, 1.82) is 0 Å². The lowest BCUT2D eigenvalue weighted by Crippen LogP contribution is -2.19. The average Bonchev–Trinajstić information content (AvgIpc) is 2.47. The zero-order chi connectivity index (χ0) is 8.97. The standard InChI is InChI=1S/C10H17NO/c1-4-10(11-5-2)9-6-8(3)12-7-9/h6-7,10-11H,4-5H2,1-3H3. The van der Waals surface area contributed by atoms with Gasteiger partial charge in [0.25, 0.3) is 0 Å². The first kappa shape index (κ1) is 9.33. The van der Waals surface area contributed by atoms with Gasteiger partial charge in [-0.05, 0) is 26.0 Å². The van der Waals surface area contributed by atoms with Gasteiger partial charge in [0.05, 0.1) is 6.26 Å². The molecule has 0 aliphatic carbocycles. The Kier molecular flexibility index (Phi) is 3.35. The molecule has 1 N–H and O–H groups in total. The minimum atomic E-state index is 0.451. The van der Waals surface area contributed by atoms with Gasteiger partial charge in [0.15, 0.2) is 0 Å². The molecule has 0 amide bonds. The molecule has 0 saturated carbocycles. The molecule has 0 fully saturated rings. The molecular formula is C10H17NO. The van der Waals surface area contributed by atoms with Gasteiger partial charge in [0.1, 0.15) is 5.76 Å². The van der Waals surface area contributed by atoms with Crippen LogP contribution in [-0.4, -0.2) is 6.54 Å². The van der Waals surface area contributed by atoms with E-state index >= 15 is 0 Å². The summed E-state index contributed by atoms with van der Waals surface area (Å²) < 4.78 is 5.25. The molecule has 1 rings (SSSR count). The molecule has 1 heterocycles. The first-order chi connectivity index (χ1) is 5.77. The average molecular weight is 167 g/mol. The third-order valence-corrected chi connectivity index (χ3v) is 2.01. The molecule has 1 aromatic heterocycles. The number of rotatable bonds is 4. The van der Waals surface area contributed by atoms with Crippen LogP contribution in [0.25, 0.3) is 0 Å². The summed E-state index contributed by atoms with van der Waals surface area (Å²) in [5, 5.41) is 3.40. The van der Waals surface area contributed by atoms with Crippen molar-refractivity contribution < 1.29 is 4.42 Å². The van der Waals surface area contributed by atoms with Gasteiger partial charge in [-0.15, -0.1) is 0 Å². The number of nitrogens with one attached hydrogen (secondary N) is 1. The van der Waals surface area contributed by atoms with E-state index in [9.17, 15) is 0 Å². The molecule has 2 heteroatoms. The molecule has 0 spiro atoms. The highest BCUT2D eigenvalue weighted by Crippen LogP contribution is 2.18. The van der Waals surface area contributed by atoms with E-state index in [1.807, 2.05) is 13.2 Å². The summed E-state index contributed by atoms with van der Waals surface area (Å²) in [6, 6.07) is 2.55. The molecule has 0 aliphatic rings. The van der Waals surface area contributed by atoms with Crippen LogP contribution in [0.1, 0.15) is 37.6 Å². The van der Waals surface area contributed by atoms with Crippen molar-refractivity contribution in [3.05, 3.63) is 23.7 Å². The molecule has 0 bridgehead atoms. The summed E-state index contributed by atoms with van der Waals surface area (Å²) in [4.78, 5) is 0. The summed E-state index contributed by atoms with van der Waals surface area (Å²) >= 11 is 0. The van der Waals surface area contributed by atoms with Crippen LogP contribution in [-0.2, 0) is 0 Å². The summed E-state index contributed by atoms with van der Waals surface area (Å²) in [5.41, 5.74) is 1.26. The maximum Gasteiger partial charge on any atom is 0.101 e. The van der Waals surface area contributed by atoms with Gasteiger partial charge in [-0.25, -0.2) is 0 Å². The van der Waals surface area contributed by atoms with Gasteiger partial charge in [0.2, 0.25) is 0 Å². The van der Waals surface area contributed by atoms with Crippen molar-refractivity contribution in [3.63, 3.8) is 0 Å². The van der Waals surface area contributed by atoms with Crippen LogP contribution in [0.5, 0.6) is 0 Å². The highest BCUT2D eigenvalue weighted by molar-refractivity contribution is 5.16. The zero-order valence-corrected chi connectivity index (χ0v) is 8.05. The largest absolute Gasteiger partial charge is 0.469 e. The SMILES string of the molecule is CCNC(CC)c1coc(C)c1. The Morgan fingerprint density at radius 1 is 1.50 bits per heavy atom. The molecule has 0 aliphatic heterocycles. The van der Waals surface area contributed by atoms with E-state index in [1.54, 1.807) is 0 Å². The topological polar surface area (TPSA) is 25.2 Å². The maximum atomic E-state index is 5.25. The predicted molar refractivity (Wildman–Crippen MR) is 50.2 cm³/mol. The first-order valence-electron chi connectivity index (χ1n) is 4.56. The molecule has 1 atom stereocenters. The van der Waals surface area contributed by atoms with Crippen LogP contribution < -0.4 is 5.32 Å². The summed E-state index contributed by atoms with van der Waals surface area (Å²) in [6.07, 6.45) is 2.94. The molecular weight excluding hydrogens is 150 g/mol. The Morgan fingerprint density at radius 3 is 2.67 bits per heavy atom. The number of hydrogen-bond donors (Lipinski definition) is 1. The monoisotopic (exact) mass is 167 g/mol. The lowest BCUT2D eigenvalue weighted by Gasteiger charge is -2.12. The maximum absolute atomic E-state index is 5.25. The number of furan rings is 1. The molecule has 0 radical (unpaired) electrons. The third kappa shape index (κ3) is 2.11. The van der Waals surface area contributed by atoms with E-state index in [0.717, 1.165) is 18.7 Å². The molecule has 0 saturated heterocycles. The van der Waals surface area contributed by atoms with E-state index in [4.69, 9.17) is 4.42 Å². The van der Waals surface area contributed by atoms with Crippen molar-refractivity contribution in [3.8, 4) is 0 Å². The number of aryl methyl sites for hydroxylation is 1. The first-order valence-corrected chi connectivity index (χ1v) is 4.56. The Bertz CT molecular complexity index is 229. The fraction of sp³-hybridized carbons (Fsp3) is 0.600. The summed E-state index contributed by atoms with van der Waals surface area (Å²) in [5.74, 6) is 0.987. The lowest BCUT2D eigenvalue weighted by molar-refractivity contribution is 0.506. The van der Waals surface area contributed by atoms with E-state index in [-0.39, 0.29) is 0 Å². The second kappa shape index (κ2) is 4.31. The number of hydrogen-bond acceptors (Lipinski definition) is 2. The fourth-order valence-corrected chi connectivity index (χ4v) is 1.39. The summed E-state index contributed by atoms with van der Waals surface area (Å²) in [6.45, 7) is 7.27. The van der Waals surface area contributed by atoms with Crippen molar-refractivity contribution in [2.45, 2.75) is 33.2 Å². The van der Waals surface area contributed by atoms with Crippen LogP contribution in [0.4, 0.5) is 0 Å². The van der Waals surface area contributed by atoms with Crippen LogP contribution in [0.15, 0.2) is 16.7 Å². The zero-order valence-electron chi connectivity index (χ0n) is 8.05. The van der Waals surface area contributed by atoms with Crippen LogP contribution >= 0.6 is 0 Å². The van der Waals surface area contributed by atoms with Crippen LogP contribution in [0.2, 0.25) is 0 Å². The molecule has 68 valence electrons. The lowest BCUT2D eigenvalue weighted by atomic mass is 10.1. The van der Waals surface area contributed by atoms with Gasteiger partial charge in [-0.1, -0.05) is 13.8 Å². The third-order valence-electron chi connectivity index (χ3n) is 2.01. The Labute approximate surface area is 74.0 Å².